The van der Waals surface area contributed by atoms with Crippen molar-refractivity contribution in [3.8, 4) is 5.75 Å². The molecular formula is C14H13FO2. The fourth-order valence-electron chi connectivity index (χ4n) is 1.76. The summed E-state index contributed by atoms with van der Waals surface area (Å²) in [5.74, 6) is -0.275. The average Bonchev–Trinajstić information content (AvgIpc) is 2.29. The second-order valence-corrected chi connectivity index (χ2v) is 3.91. The zero-order valence-corrected chi connectivity index (χ0v) is 9.18. The largest absolute Gasteiger partial charge is 0.508 e. The minimum absolute atomic E-state index is 0.142. The van der Waals surface area contributed by atoms with Gasteiger partial charge in [-0.3, -0.25) is 0 Å². The number of aromatic hydroxyl groups is 1. The van der Waals surface area contributed by atoms with Gasteiger partial charge in [0, 0.05) is 12.0 Å². The summed E-state index contributed by atoms with van der Waals surface area (Å²) >= 11 is 0. The third kappa shape index (κ3) is 2.82. The van der Waals surface area contributed by atoms with E-state index < -0.39 is 11.9 Å². The van der Waals surface area contributed by atoms with Gasteiger partial charge in [-0.1, -0.05) is 30.3 Å². The molecule has 0 heterocycles. The second-order valence-electron chi connectivity index (χ2n) is 3.91. The Balaban J connectivity index is 2.17. The quantitative estimate of drug-likeness (QED) is 0.854. The van der Waals surface area contributed by atoms with Crippen LogP contribution in [0.25, 0.3) is 0 Å². The third-order valence-electron chi connectivity index (χ3n) is 2.60. The van der Waals surface area contributed by atoms with Gasteiger partial charge in [-0.25, -0.2) is 4.39 Å². The Bertz CT molecular complexity index is 511. The van der Waals surface area contributed by atoms with E-state index in [1.54, 1.807) is 42.5 Å². The first-order chi connectivity index (χ1) is 8.16. The van der Waals surface area contributed by atoms with Crippen LogP contribution in [0.5, 0.6) is 5.75 Å². The molecule has 3 heteroatoms. The Morgan fingerprint density at radius 1 is 1.06 bits per heavy atom. The van der Waals surface area contributed by atoms with Crippen LogP contribution in [0.1, 0.15) is 17.2 Å². The standard InChI is InChI=1S/C14H13FO2/c15-13-7-2-1-6-12(13)14(17)9-10-4-3-5-11(16)8-10/h1-8,14,16-17H,9H2. The number of benzene rings is 2. The van der Waals surface area contributed by atoms with Crippen LogP contribution in [0.3, 0.4) is 0 Å². The highest BCUT2D eigenvalue weighted by atomic mass is 19.1. The van der Waals surface area contributed by atoms with Crippen molar-refractivity contribution in [2.75, 3.05) is 0 Å². The van der Waals surface area contributed by atoms with Crippen molar-refractivity contribution >= 4 is 0 Å². The summed E-state index contributed by atoms with van der Waals surface area (Å²) in [4.78, 5) is 0. The van der Waals surface area contributed by atoms with Crippen molar-refractivity contribution in [1.29, 1.82) is 0 Å². The van der Waals surface area contributed by atoms with E-state index >= 15 is 0 Å². The van der Waals surface area contributed by atoms with Crippen LogP contribution >= 0.6 is 0 Å². The summed E-state index contributed by atoms with van der Waals surface area (Å²) in [6, 6.07) is 12.7. The summed E-state index contributed by atoms with van der Waals surface area (Å²) in [5, 5.41) is 19.2. The normalized spacial score (nSPS) is 12.4. The molecule has 2 nitrogen and oxygen atoms in total. The van der Waals surface area contributed by atoms with E-state index in [2.05, 4.69) is 0 Å². The number of rotatable bonds is 3. The van der Waals surface area contributed by atoms with Gasteiger partial charge in [-0.05, 0) is 23.8 Å². The Labute approximate surface area is 99.0 Å². The van der Waals surface area contributed by atoms with Gasteiger partial charge in [0.15, 0.2) is 0 Å². The molecule has 0 aromatic heterocycles. The molecule has 0 radical (unpaired) electrons. The maximum Gasteiger partial charge on any atom is 0.129 e. The van der Waals surface area contributed by atoms with Crippen LogP contribution < -0.4 is 0 Å². The maximum absolute atomic E-state index is 13.4. The molecule has 88 valence electrons. The van der Waals surface area contributed by atoms with Gasteiger partial charge in [0.2, 0.25) is 0 Å². The number of phenolic OH excluding ortho intramolecular Hbond substituents is 1. The maximum atomic E-state index is 13.4. The van der Waals surface area contributed by atoms with Crippen molar-refractivity contribution in [2.24, 2.45) is 0 Å². The highest BCUT2D eigenvalue weighted by molar-refractivity contribution is 5.29. The van der Waals surface area contributed by atoms with Gasteiger partial charge in [-0.2, -0.15) is 0 Å². The molecule has 1 unspecified atom stereocenters. The van der Waals surface area contributed by atoms with E-state index in [1.165, 1.54) is 6.07 Å². The minimum atomic E-state index is -0.905. The van der Waals surface area contributed by atoms with Crippen LogP contribution in [-0.2, 0) is 6.42 Å². The molecule has 1 atom stereocenters. The Hall–Kier alpha value is -1.87. The Kier molecular flexibility index (Phi) is 3.40. The molecule has 0 bridgehead atoms. The molecule has 0 saturated heterocycles. The van der Waals surface area contributed by atoms with Crippen molar-refractivity contribution in [3.05, 3.63) is 65.5 Å². The molecule has 2 rings (SSSR count). The molecule has 0 saturated carbocycles. The zero-order chi connectivity index (χ0) is 12.3. The first-order valence-corrected chi connectivity index (χ1v) is 5.37. The first-order valence-electron chi connectivity index (χ1n) is 5.37. The fourth-order valence-corrected chi connectivity index (χ4v) is 1.76. The summed E-state index contributed by atoms with van der Waals surface area (Å²) in [6.45, 7) is 0. The lowest BCUT2D eigenvalue weighted by Crippen LogP contribution is -2.04. The van der Waals surface area contributed by atoms with Gasteiger partial charge < -0.3 is 10.2 Å². The molecule has 0 aliphatic rings. The summed E-state index contributed by atoms with van der Waals surface area (Å²) in [6.07, 6.45) is -0.631. The predicted molar refractivity (Wildman–Crippen MR) is 63.2 cm³/mol. The molecule has 2 N–H and O–H groups in total. The lowest BCUT2D eigenvalue weighted by Gasteiger charge is -2.12. The number of halogens is 1. The SMILES string of the molecule is Oc1cccc(CC(O)c2ccccc2F)c1. The van der Waals surface area contributed by atoms with Gasteiger partial charge in [-0.15, -0.1) is 0 Å². The smallest absolute Gasteiger partial charge is 0.129 e. The van der Waals surface area contributed by atoms with Crippen molar-refractivity contribution in [1.82, 2.24) is 0 Å². The second kappa shape index (κ2) is 4.97. The summed E-state index contributed by atoms with van der Waals surface area (Å²) in [5.41, 5.74) is 1.04. The topological polar surface area (TPSA) is 40.5 Å². The van der Waals surface area contributed by atoms with Gasteiger partial charge >= 0.3 is 0 Å². The van der Waals surface area contributed by atoms with Crippen molar-refractivity contribution < 1.29 is 14.6 Å². The highest BCUT2D eigenvalue weighted by Gasteiger charge is 2.12. The number of aliphatic hydroxyl groups is 1. The highest BCUT2D eigenvalue weighted by Crippen LogP contribution is 2.22. The molecular weight excluding hydrogens is 219 g/mol. The molecule has 17 heavy (non-hydrogen) atoms. The number of phenols is 1. The third-order valence-corrected chi connectivity index (χ3v) is 2.60. The van der Waals surface area contributed by atoms with Crippen molar-refractivity contribution in [3.63, 3.8) is 0 Å². The van der Waals surface area contributed by atoms with E-state index in [1.807, 2.05) is 0 Å². The van der Waals surface area contributed by atoms with Gasteiger partial charge in [0.1, 0.15) is 11.6 Å². The van der Waals surface area contributed by atoms with Crippen LogP contribution in [-0.4, -0.2) is 10.2 Å². The van der Waals surface area contributed by atoms with Crippen LogP contribution in [0, 0.1) is 5.82 Å². The summed E-state index contributed by atoms with van der Waals surface area (Å²) in [7, 11) is 0. The Morgan fingerprint density at radius 2 is 1.82 bits per heavy atom. The fraction of sp³-hybridized carbons (Fsp3) is 0.143. The van der Waals surface area contributed by atoms with Gasteiger partial charge in [0.05, 0.1) is 6.10 Å². The number of aliphatic hydroxyl groups excluding tert-OH is 1. The predicted octanol–water partition coefficient (Wildman–Crippen LogP) is 2.81. The molecule has 0 amide bonds. The molecule has 0 spiro atoms. The number of hydrogen-bond acceptors (Lipinski definition) is 2. The van der Waals surface area contributed by atoms with Crippen LogP contribution in [0.15, 0.2) is 48.5 Å². The first kappa shape index (κ1) is 11.6. The number of hydrogen-bond donors (Lipinski definition) is 2. The molecule has 0 aliphatic heterocycles. The van der Waals surface area contributed by atoms with Crippen molar-refractivity contribution in [2.45, 2.75) is 12.5 Å². The average molecular weight is 232 g/mol. The molecule has 2 aromatic carbocycles. The lowest BCUT2D eigenvalue weighted by atomic mass is 10.0. The lowest BCUT2D eigenvalue weighted by molar-refractivity contribution is 0.173. The summed E-state index contributed by atoms with van der Waals surface area (Å²) < 4.78 is 13.4. The van der Waals surface area contributed by atoms with E-state index in [-0.39, 0.29) is 17.7 Å². The van der Waals surface area contributed by atoms with Gasteiger partial charge in [0.25, 0.3) is 0 Å². The molecule has 0 aliphatic carbocycles. The van der Waals surface area contributed by atoms with Crippen LogP contribution in [0.4, 0.5) is 4.39 Å². The van der Waals surface area contributed by atoms with E-state index in [0.29, 0.717) is 0 Å². The van der Waals surface area contributed by atoms with Crippen LogP contribution in [0.2, 0.25) is 0 Å². The minimum Gasteiger partial charge on any atom is -0.508 e. The molecule has 0 fully saturated rings. The van der Waals surface area contributed by atoms with E-state index in [0.717, 1.165) is 5.56 Å². The monoisotopic (exact) mass is 232 g/mol. The molecule has 2 aromatic rings. The van der Waals surface area contributed by atoms with E-state index in [4.69, 9.17) is 0 Å². The Morgan fingerprint density at radius 3 is 2.53 bits per heavy atom. The zero-order valence-electron chi connectivity index (χ0n) is 9.18. The van der Waals surface area contributed by atoms with E-state index in [9.17, 15) is 14.6 Å².